The highest BCUT2D eigenvalue weighted by Crippen LogP contribution is 2.16. The lowest BCUT2D eigenvalue weighted by atomic mass is 10.0. The molecule has 21 heavy (non-hydrogen) atoms. The van der Waals surface area contributed by atoms with Crippen LogP contribution in [0.15, 0.2) is 43.2 Å². The zero-order chi connectivity index (χ0) is 15.7. The summed E-state index contributed by atoms with van der Waals surface area (Å²) in [7, 11) is 0. The zero-order valence-corrected chi connectivity index (χ0v) is 13.2. The molecule has 1 aromatic rings. The van der Waals surface area contributed by atoms with E-state index in [0.29, 0.717) is 25.3 Å². The van der Waals surface area contributed by atoms with Crippen LogP contribution in [0.3, 0.4) is 0 Å². The van der Waals surface area contributed by atoms with Crippen molar-refractivity contribution in [2.75, 3.05) is 6.54 Å². The lowest BCUT2D eigenvalue weighted by Gasteiger charge is -2.12. The van der Waals surface area contributed by atoms with Crippen LogP contribution in [0.2, 0.25) is 0 Å². The van der Waals surface area contributed by atoms with Crippen molar-refractivity contribution in [3.8, 4) is 0 Å². The predicted molar refractivity (Wildman–Crippen MR) is 89.7 cm³/mol. The highest BCUT2D eigenvalue weighted by atomic mass is 16.1. The van der Waals surface area contributed by atoms with Crippen LogP contribution in [0.5, 0.6) is 0 Å². The third kappa shape index (κ3) is 6.30. The Bertz CT molecular complexity index is 506. The Hall–Kier alpha value is -2.03. The normalized spacial score (nSPS) is 10.0. The number of ketones is 1. The number of carbonyl (C=O) groups excluding carboxylic acids is 1. The van der Waals surface area contributed by atoms with Gasteiger partial charge in [0, 0.05) is 13.0 Å². The van der Waals surface area contributed by atoms with E-state index in [2.05, 4.69) is 48.9 Å². The quantitative estimate of drug-likeness (QED) is 0.690. The molecule has 0 fully saturated rings. The number of Topliss-reactive ketones (excluding diaryl/α,β-unsaturated/α-hetero) is 1. The molecule has 2 N–H and O–H groups in total. The van der Waals surface area contributed by atoms with Gasteiger partial charge in [0.1, 0.15) is 0 Å². The van der Waals surface area contributed by atoms with Crippen LogP contribution in [0.4, 0.5) is 0 Å². The monoisotopic (exact) mass is 286 g/mol. The maximum atomic E-state index is 11.4. The maximum Gasteiger partial charge on any atom is 0.151 e. The van der Waals surface area contributed by atoms with Gasteiger partial charge in [0.15, 0.2) is 5.78 Å². The fraction of sp³-hybridized carbons (Fsp3) is 0.389. The van der Waals surface area contributed by atoms with Crippen LogP contribution >= 0.6 is 0 Å². The zero-order valence-electron chi connectivity index (χ0n) is 13.2. The number of benzene rings is 1. The molecule has 114 valence electrons. The summed E-state index contributed by atoms with van der Waals surface area (Å²) in [6.07, 6.45) is 2.45. The van der Waals surface area contributed by atoms with Crippen LogP contribution in [-0.2, 0) is 11.3 Å². The van der Waals surface area contributed by atoms with E-state index < -0.39 is 0 Å². The Morgan fingerprint density at radius 2 is 1.95 bits per heavy atom. The van der Waals surface area contributed by atoms with E-state index >= 15 is 0 Å². The molecule has 0 aliphatic rings. The van der Waals surface area contributed by atoms with Gasteiger partial charge in [0.25, 0.3) is 0 Å². The molecular formula is C18H26N2O. The smallest absolute Gasteiger partial charge is 0.151 e. The second-order valence-corrected chi connectivity index (χ2v) is 5.13. The average Bonchev–Trinajstić information content (AvgIpc) is 2.50. The average molecular weight is 286 g/mol. The third-order valence-corrected chi connectivity index (χ3v) is 3.30. The van der Waals surface area contributed by atoms with Crippen molar-refractivity contribution in [1.82, 2.24) is 10.6 Å². The van der Waals surface area contributed by atoms with Gasteiger partial charge in [-0.2, -0.15) is 0 Å². The van der Waals surface area contributed by atoms with Gasteiger partial charge < -0.3 is 10.6 Å². The minimum Gasteiger partial charge on any atom is -0.368 e. The first-order valence-corrected chi connectivity index (χ1v) is 7.52. The van der Waals surface area contributed by atoms with Crippen LogP contribution in [-0.4, -0.2) is 12.3 Å². The largest absolute Gasteiger partial charge is 0.368 e. The molecule has 0 aliphatic carbocycles. The van der Waals surface area contributed by atoms with E-state index in [0.717, 1.165) is 18.4 Å². The fourth-order valence-corrected chi connectivity index (χ4v) is 1.95. The van der Waals surface area contributed by atoms with E-state index in [-0.39, 0.29) is 5.78 Å². The lowest BCUT2D eigenvalue weighted by Crippen LogP contribution is -2.29. The highest BCUT2D eigenvalue weighted by Gasteiger charge is 2.02. The predicted octanol–water partition coefficient (Wildman–Crippen LogP) is 3.63. The first-order valence-electron chi connectivity index (χ1n) is 7.52. The topological polar surface area (TPSA) is 41.1 Å². The molecule has 1 rings (SSSR count). The molecule has 3 nitrogen and oxygen atoms in total. The van der Waals surface area contributed by atoms with Crippen LogP contribution in [0, 0.1) is 0 Å². The van der Waals surface area contributed by atoms with E-state index in [4.69, 9.17) is 0 Å². The van der Waals surface area contributed by atoms with E-state index in [1.165, 1.54) is 11.1 Å². The molecule has 0 heterocycles. The summed E-state index contributed by atoms with van der Waals surface area (Å²) in [5.41, 5.74) is 3.48. The molecule has 0 amide bonds. The number of hydrogen-bond acceptors (Lipinski definition) is 3. The summed E-state index contributed by atoms with van der Waals surface area (Å²) in [4.78, 5) is 11.4. The van der Waals surface area contributed by atoms with Gasteiger partial charge in [-0.15, -0.1) is 0 Å². The Labute approximate surface area is 128 Å². The number of rotatable bonds is 10. The maximum absolute atomic E-state index is 11.4. The van der Waals surface area contributed by atoms with Crippen LogP contribution in [0.25, 0.3) is 5.57 Å². The van der Waals surface area contributed by atoms with E-state index in [1.54, 1.807) is 0 Å². The van der Waals surface area contributed by atoms with Crippen molar-refractivity contribution in [1.29, 1.82) is 0 Å². The molecule has 0 aromatic heterocycles. The van der Waals surface area contributed by atoms with Crippen LogP contribution in [0.1, 0.15) is 44.2 Å². The number of carbonyl (C=O) groups is 1. The summed E-state index contributed by atoms with van der Waals surface area (Å²) >= 11 is 0. The van der Waals surface area contributed by atoms with Crippen molar-refractivity contribution >= 4 is 11.4 Å². The molecule has 0 saturated heterocycles. The standard InChI is InChI=1S/C18H26N2O/c1-5-8-18(21)13-20-15(4)19-12-16-9-7-10-17(11-16)14(3)6-2/h7,9-11,19-20H,3-6,8,12-13H2,1-2H3. The van der Waals surface area contributed by atoms with Gasteiger partial charge >= 0.3 is 0 Å². The Morgan fingerprint density at radius 3 is 2.62 bits per heavy atom. The summed E-state index contributed by atoms with van der Waals surface area (Å²) in [5.74, 6) is 0.890. The Balaban J connectivity index is 2.42. The summed E-state index contributed by atoms with van der Waals surface area (Å²) < 4.78 is 0. The van der Waals surface area contributed by atoms with Gasteiger partial charge in [0.05, 0.1) is 12.4 Å². The van der Waals surface area contributed by atoms with Crippen molar-refractivity contribution in [3.05, 3.63) is 54.4 Å². The minimum absolute atomic E-state index is 0.210. The second kappa shape index (κ2) is 9.01. The van der Waals surface area contributed by atoms with Gasteiger partial charge in [-0.1, -0.05) is 45.2 Å². The Morgan fingerprint density at radius 1 is 1.19 bits per heavy atom. The lowest BCUT2D eigenvalue weighted by molar-refractivity contribution is -0.118. The third-order valence-electron chi connectivity index (χ3n) is 3.30. The van der Waals surface area contributed by atoms with Crippen molar-refractivity contribution in [2.45, 2.75) is 39.7 Å². The molecular weight excluding hydrogens is 260 g/mol. The van der Waals surface area contributed by atoms with Crippen LogP contribution < -0.4 is 10.6 Å². The van der Waals surface area contributed by atoms with Gasteiger partial charge in [-0.05, 0) is 35.6 Å². The van der Waals surface area contributed by atoms with Crippen molar-refractivity contribution < 1.29 is 4.79 Å². The minimum atomic E-state index is 0.210. The molecule has 0 spiro atoms. The van der Waals surface area contributed by atoms with E-state index in [9.17, 15) is 4.79 Å². The fourth-order valence-electron chi connectivity index (χ4n) is 1.95. The van der Waals surface area contributed by atoms with Gasteiger partial charge in [-0.3, -0.25) is 4.79 Å². The molecule has 0 radical (unpaired) electrons. The number of allylic oxidation sites excluding steroid dienone is 1. The highest BCUT2D eigenvalue weighted by molar-refractivity contribution is 5.80. The Kier molecular flexibility index (Phi) is 7.30. The number of nitrogens with one attached hydrogen (secondary N) is 2. The molecule has 1 aromatic carbocycles. The molecule has 0 unspecified atom stereocenters. The SMILES string of the molecule is C=C(NCC(=O)CCC)NCc1cccc(C(=C)CC)c1. The van der Waals surface area contributed by atoms with Gasteiger partial charge in [-0.25, -0.2) is 0 Å². The first-order chi connectivity index (χ1) is 10.1. The first kappa shape index (κ1) is 17.0. The molecule has 3 heteroatoms. The van der Waals surface area contributed by atoms with Gasteiger partial charge in [0.2, 0.25) is 0 Å². The number of hydrogen-bond donors (Lipinski definition) is 2. The summed E-state index contributed by atoms with van der Waals surface area (Å²) in [5, 5.41) is 6.21. The molecule has 0 atom stereocenters. The molecule has 0 bridgehead atoms. The molecule has 0 saturated carbocycles. The second-order valence-electron chi connectivity index (χ2n) is 5.13. The summed E-state index contributed by atoms with van der Waals surface area (Å²) in [6.45, 7) is 13.1. The van der Waals surface area contributed by atoms with Crippen molar-refractivity contribution in [2.24, 2.45) is 0 Å². The molecule has 0 aliphatic heterocycles. The van der Waals surface area contributed by atoms with E-state index in [1.807, 2.05) is 13.0 Å². The van der Waals surface area contributed by atoms with Crippen molar-refractivity contribution in [3.63, 3.8) is 0 Å². The summed E-state index contributed by atoms with van der Waals surface area (Å²) in [6, 6.07) is 8.31.